The maximum Gasteiger partial charge on any atom is 0.325 e. The van der Waals surface area contributed by atoms with Crippen LogP contribution in [0.3, 0.4) is 0 Å². The van der Waals surface area contributed by atoms with Crippen LogP contribution in [0.15, 0.2) is 16.7 Å². The lowest BCUT2D eigenvalue weighted by Crippen LogP contribution is -2.34. The molecule has 0 bridgehead atoms. The zero-order valence-corrected chi connectivity index (χ0v) is 6.41. The molecule has 0 saturated heterocycles. The van der Waals surface area contributed by atoms with Gasteiger partial charge >= 0.3 is 5.97 Å². The van der Waals surface area contributed by atoms with Crippen LogP contribution in [0.2, 0.25) is 0 Å². The molecular formula is C8H9NO3. The molecule has 2 heterocycles. The summed E-state index contributed by atoms with van der Waals surface area (Å²) < 4.78 is 5.13. The molecule has 4 nitrogen and oxygen atoms in total. The van der Waals surface area contributed by atoms with Crippen LogP contribution in [-0.2, 0) is 11.2 Å². The summed E-state index contributed by atoms with van der Waals surface area (Å²) in [5, 5.41) is 11.7. The third-order valence-corrected chi connectivity index (χ3v) is 2.04. The Hall–Kier alpha value is -1.29. The second-order valence-electron chi connectivity index (χ2n) is 2.77. The molecule has 2 N–H and O–H groups in total. The minimum absolute atomic E-state index is 0.590. The quantitative estimate of drug-likeness (QED) is 0.641. The zero-order chi connectivity index (χ0) is 8.55. The molecule has 0 radical (unpaired) electrons. The fraction of sp³-hybridized carbons (Fsp3) is 0.375. The number of hydrogen-bond donors (Lipinski definition) is 2. The fourth-order valence-corrected chi connectivity index (χ4v) is 1.47. The smallest absolute Gasteiger partial charge is 0.325 e. The van der Waals surface area contributed by atoms with E-state index in [0.29, 0.717) is 6.54 Å². The number of hydrogen-bond acceptors (Lipinski definition) is 3. The summed E-state index contributed by atoms with van der Waals surface area (Å²) >= 11 is 0. The average Bonchev–Trinajstić information content (AvgIpc) is 2.49. The fourth-order valence-electron chi connectivity index (χ4n) is 1.47. The van der Waals surface area contributed by atoms with E-state index >= 15 is 0 Å². The van der Waals surface area contributed by atoms with E-state index < -0.39 is 12.0 Å². The van der Waals surface area contributed by atoms with Crippen LogP contribution >= 0.6 is 0 Å². The van der Waals surface area contributed by atoms with Crippen LogP contribution in [0.4, 0.5) is 0 Å². The summed E-state index contributed by atoms with van der Waals surface area (Å²) in [4.78, 5) is 10.7. The van der Waals surface area contributed by atoms with Crippen molar-refractivity contribution in [2.45, 2.75) is 12.5 Å². The van der Waals surface area contributed by atoms with E-state index in [4.69, 9.17) is 9.52 Å². The highest BCUT2D eigenvalue weighted by atomic mass is 16.4. The molecule has 1 aliphatic heterocycles. The van der Waals surface area contributed by atoms with Crippen molar-refractivity contribution in [2.75, 3.05) is 6.54 Å². The summed E-state index contributed by atoms with van der Waals surface area (Å²) in [7, 11) is 0. The molecule has 1 atom stereocenters. The third kappa shape index (κ3) is 1.00. The molecule has 1 aliphatic rings. The van der Waals surface area contributed by atoms with Crippen LogP contribution in [-0.4, -0.2) is 17.6 Å². The predicted molar refractivity (Wildman–Crippen MR) is 40.8 cm³/mol. The Morgan fingerprint density at radius 2 is 2.58 bits per heavy atom. The van der Waals surface area contributed by atoms with Gasteiger partial charge in [-0.1, -0.05) is 0 Å². The van der Waals surface area contributed by atoms with Gasteiger partial charge in [-0.25, -0.2) is 0 Å². The summed E-state index contributed by atoms with van der Waals surface area (Å²) in [5.41, 5.74) is 0.758. The van der Waals surface area contributed by atoms with E-state index in [1.54, 1.807) is 6.07 Å². The Kier molecular flexibility index (Phi) is 1.62. The van der Waals surface area contributed by atoms with Crippen LogP contribution in [0, 0.1) is 0 Å². The van der Waals surface area contributed by atoms with Gasteiger partial charge in [0.15, 0.2) is 0 Å². The van der Waals surface area contributed by atoms with E-state index in [9.17, 15) is 4.79 Å². The summed E-state index contributed by atoms with van der Waals surface area (Å²) in [5.74, 6) is -0.0569. The Labute approximate surface area is 69.2 Å². The predicted octanol–water partition coefficient (Wildman–Crippen LogP) is 0.551. The summed E-state index contributed by atoms with van der Waals surface area (Å²) in [6.07, 6.45) is 2.31. The molecule has 12 heavy (non-hydrogen) atoms. The highest BCUT2D eigenvalue weighted by Gasteiger charge is 2.27. The van der Waals surface area contributed by atoms with E-state index in [1.165, 1.54) is 6.26 Å². The normalized spacial score (nSPS) is 21.8. The average molecular weight is 167 g/mol. The van der Waals surface area contributed by atoms with E-state index in [2.05, 4.69) is 5.32 Å². The molecule has 64 valence electrons. The van der Waals surface area contributed by atoms with Gasteiger partial charge < -0.3 is 14.8 Å². The van der Waals surface area contributed by atoms with Gasteiger partial charge in [-0.3, -0.25) is 4.79 Å². The lowest BCUT2D eigenvalue weighted by atomic mass is 10.0. The molecule has 0 saturated carbocycles. The SMILES string of the molecule is O=C(O)C1NCCc2occc21. The number of carbonyl (C=O) groups is 1. The van der Waals surface area contributed by atoms with Crippen LogP contribution in [0.1, 0.15) is 17.4 Å². The van der Waals surface area contributed by atoms with Gasteiger partial charge in [0, 0.05) is 18.5 Å². The van der Waals surface area contributed by atoms with Crippen molar-refractivity contribution in [3.63, 3.8) is 0 Å². The molecule has 4 heteroatoms. The first-order valence-electron chi connectivity index (χ1n) is 3.81. The van der Waals surface area contributed by atoms with Crippen LogP contribution in [0.25, 0.3) is 0 Å². The zero-order valence-electron chi connectivity index (χ0n) is 6.41. The summed E-state index contributed by atoms with van der Waals surface area (Å²) in [6.45, 7) is 0.664. The van der Waals surface area contributed by atoms with Gasteiger partial charge in [0.25, 0.3) is 0 Å². The highest BCUT2D eigenvalue weighted by molar-refractivity contribution is 5.76. The lowest BCUT2D eigenvalue weighted by molar-refractivity contribution is -0.139. The molecule has 0 aliphatic carbocycles. The van der Waals surface area contributed by atoms with Crippen molar-refractivity contribution < 1.29 is 14.3 Å². The maximum absolute atomic E-state index is 10.7. The number of carboxylic acids is 1. The van der Waals surface area contributed by atoms with Crippen molar-refractivity contribution >= 4 is 5.97 Å². The van der Waals surface area contributed by atoms with Crippen LogP contribution < -0.4 is 5.32 Å². The van der Waals surface area contributed by atoms with Gasteiger partial charge in [-0.15, -0.1) is 0 Å². The first kappa shape index (κ1) is 7.36. The van der Waals surface area contributed by atoms with E-state index in [-0.39, 0.29) is 0 Å². The molecule has 2 rings (SSSR count). The molecule has 1 unspecified atom stereocenters. The second kappa shape index (κ2) is 2.64. The van der Waals surface area contributed by atoms with E-state index in [0.717, 1.165) is 17.7 Å². The number of furan rings is 1. The number of nitrogens with one attached hydrogen (secondary N) is 1. The van der Waals surface area contributed by atoms with Gasteiger partial charge in [-0.2, -0.15) is 0 Å². The van der Waals surface area contributed by atoms with Gasteiger partial charge in [0.05, 0.1) is 6.26 Å². The minimum atomic E-state index is -0.850. The largest absolute Gasteiger partial charge is 0.480 e. The number of aliphatic carboxylic acids is 1. The maximum atomic E-state index is 10.7. The van der Waals surface area contributed by atoms with Gasteiger partial charge in [-0.05, 0) is 6.07 Å². The third-order valence-electron chi connectivity index (χ3n) is 2.04. The molecule has 0 aromatic carbocycles. The molecule has 1 aromatic rings. The first-order chi connectivity index (χ1) is 5.79. The standard InChI is InChI=1S/C8H9NO3/c10-8(11)7-5-2-4-12-6(5)1-3-9-7/h2,4,7,9H,1,3H2,(H,10,11). The Bertz CT molecular complexity index is 305. The lowest BCUT2D eigenvalue weighted by Gasteiger charge is -2.18. The Morgan fingerprint density at radius 3 is 3.33 bits per heavy atom. The van der Waals surface area contributed by atoms with Crippen LogP contribution in [0.5, 0.6) is 0 Å². The van der Waals surface area contributed by atoms with Crippen molar-refractivity contribution in [2.24, 2.45) is 0 Å². The topological polar surface area (TPSA) is 62.5 Å². The van der Waals surface area contributed by atoms with E-state index in [1.807, 2.05) is 0 Å². The number of fused-ring (bicyclic) bond motifs is 1. The van der Waals surface area contributed by atoms with Crippen molar-refractivity contribution in [1.29, 1.82) is 0 Å². The molecule has 0 spiro atoms. The number of carboxylic acid groups (broad SMARTS) is 1. The monoisotopic (exact) mass is 167 g/mol. The second-order valence-corrected chi connectivity index (χ2v) is 2.77. The molecule has 0 amide bonds. The summed E-state index contributed by atoms with van der Waals surface area (Å²) in [6, 6.07) is 1.12. The van der Waals surface area contributed by atoms with Crippen molar-refractivity contribution in [3.8, 4) is 0 Å². The molecular weight excluding hydrogens is 158 g/mol. The van der Waals surface area contributed by atoms with Crippen molar-refractivity contribution in [1.82, 2.24) is 5.32 Å². The Morgan fingerprint density at radius 1 is 1.75 bits per heavy atom. The van der Waals surface area contributed by atoms with Gasteiger partial charge in [0.1, 0.15) is 11.8 Å². The highest BCUT2D eigenvalue weighted by Crippen LogP contribution is 2.23. The first-order valence-corrected chi connectivity index (χ1v) is 3.81. The molecule has 1 aromatic heterocycles. The molecule has 0 fully saturated rings. The minimum Gasteiger partial charge on any atom is -0.480 e. The Balaban J connectivity index is 2.37. The van der Waals surface area contributed by atoms with Crippen molar-refractivity contribution in [3.05, 3.63) is 23.7 Å². The van der Waals surface area contributed by atoms with Gasteiger partial charge in [0.2, 0.25) is 0 Å². The number of rotatable bonds is 1.